The highest BCUT2D eigenvalue weighted by Gasteiger charge is 2.10. The Morgan fingerprint density at radius 1 is 1.17 bits per heavy atom. The first-order chi connectivity index (χ1) is 11.7. The van der Waals surface area contributed by atoms with Crippen LogP contribution in [-0.4, -0.2) is 22.5 Å². The molecule has 0 amide bonds. The quantitative estimate of drug-likeness (QED) is 0.527. The van der Waals surface area contributed by atoms with Crippen LogP contribution in [0.1, 0.15) is 15.9 Å². The van der Waals surface area contributed by atoms with Crippen molar-refractivity contribution >= 4 is 39.4 Å². The summed E-state index contributed by atoms with van der Waals surface area (Å²) in [7, 11) is 1.35. The molecule has 4 rings (SSSR count). The SMILES string of the molecule is COC(=O)c1ccc(C=c2sc3nc4ccccc4n3c2=O)cc1. The summed E-state index contributed by atoms with van der Waals surface area (Å²) in [6, 6.07) is 14.5. The van der Waals surface area contributed by atoms with Gasteiger partial charge < -0.3 is 4.74 Å². The molecule has 0 aliphatic heterocycles. The van der Waals surface area contributed by atoms with Gasteiger partial charge in [-0.3, -0.25) is 4.79 Å². The van der Waals surface area contributed by atoms with Crippen molar-refractivity contribution in [3.05, 3.63) is 74.5 Å². The van der Waals surface area contributed by atoms with Gasteiger partial charge in [0, 0.05) is 0 Å². The Morgan fingerprint density at radius 2 is 1.92 bits per heavy atom. The molecular weight excluding hydrogens is 324 g/mol. The smallest absolute Gasteiger partial charge is 0.337 e. The molecule has 0 radical (unpaired) electrons. The number of benzene rings is 2. The van der Waals surface area contributed by atoms with E-state index in [9.17, 15) is 9.59 Å². The van der Waals surface area contributed by atoms with E-state index in [2.05, 4.69) is 9.72 Å². The maximum Gasteiger partial charge on any atom is 0.337 e. The summed E-state index contributed by atoms with van der Waals surface area (Å²) in [5, 5.41) is 0. The summed E-state index contributed by atoms with van der Waals surface area (Å²) >= 11 is 1.35. The number of methoxy groups -OCH3 is 1. The number of para-hydroxylation sites is 2. The monoisotopic (exact) mass is 336 g/mol. The van der Waals surface area contributed by atoms with Gasteiger partial charge in [0.25, 0.3) is 5.56 Å². The van der Waals surface area contributed by atoms with Gasteiger partial charge in [0.2, 0.25) is 0 Å². The molecular formula is C18H12N2O3S. The lowest BCUT2D eigenvalue weighted by Gasteiger charge is -1.98. The molecule has 0 aliphatic rings. The molecule has 0 saturated carbocycles. The minimum atomic E-state index is -0.382. The second kappa shape index (κ2) is 5.58. The summed E-state index contributed by atoms with van der Waals surface area (Å²) in [4.78, 5) is 29.3. The standard InChI is InChI=1S/C18H12N2O3S/c1-23-17(22)12-8-6-11(7-9-12)10-15-16(21)20-14-5-3-2-4-13(14)19-18(20)24-15/h2-10H,1H3. The van der Waals surface area contributed by atoms with Crippen LogP contribution in [0.25, 0.3) is 22.1 Å². The van der Waals surface area contributed by atoms with Crippen LogP contribution in [0.15, 0.2) is 53.3 Å². The van der Waals surface area contributed by atoms with E-state index >= 15 is 0 Å². The largest absolute Gasteiger partial charge is 0.465 e. The highest BCUT2D eigenvalue weighted by atomic mass is 32.1. The van der Waals surface area contributed by atoms with Crippen molar-refractivity contribution in [2.24, 2.45) is 0 Å². The molecule has 0 unspecified atom stereocenters. The molecule has 5 nitrogen and oxygen atoms in total. The fourth-order valence-electron chi connectivity index (χ4n) is 2.60. The Bertz CT molecular complexity index is 1170. The fraction of sp³-hybridized carbons (Fsp3) is 0.0556. The maximum absolute atomic E-state index is 12.7. The van der Waals surface area contributed by atoms with E-state index in [0.29, 0.717) is 15.1 Å². The highest BCUT2D eigenvalue weighted by molar-refractivity contribution is 7.15. The minimum Gasteiger partial charge on any atom is -0.465 e. The third kappa shape index (κ3) is 2.28. The number of thiazole rings is 1. The van der Waals surface area contributed by atoms with Gasteiger partial charge in [0.05, 0.1) is 28.2 Å². The maximum atomic E-state index is 12.7. The van der Waals surface area contributed by atoms with Crippen LogP contribution < -0.4 is 10.1 Å². The van der Waals surface area contributed by atoms with E-state index in [4.69, 9.17) is 0 Å². The number of carbonyl (C=O) groups is 1. The van der Waals surface area contributed by atoms with Crippen LogP contribution >= 0.6 is 11.3 Å². The number of imidazole rings is 1. The van der Waals surface area contributed by atoms with Gasteiger partial charge in [-0.15, -0.1) is 0 Å². The zero-order valence-corrected chi connectivity index (χ0v) is 13.5. The van der Waals surface area contributed by atoms with E-state index in [1.54, 1.807) is 34.7 Å². The van der Waals surface area contributed by atoms with Crippen molar-refractivity contribution in [2.45, 2.75) is 0 Å². The van der Waals surface area contributed by atoms with Crippen LogP contribution in [0.3, 0.4) is 0 Å². The van der Waals surface area contributed by atoms with Gasteiger partial charge in [-0.25, -0.2) is 14.2 Å². The number of rotatable bonds is 2. The first-order valence-electron chi connectivity index (χ1n) is 7.27. The normalized spacial score (nSPS) is 12.1. The lowest BCUT2D eigenvalue weighted by atomic mass is 10.1. The van der Waals surface area contributed by atoms with E-state index in [1.165, 1.54) is 18.4 Å². The average Bonchev–Trinajstić information content (AvgIpc) is 3.12. The van der Waals surface area contributed by atoms with E-state index in [-0.39, 0.29) is 11.5 Å². The highest BCUT2D eigenvalue weighted by Crippen LogP contribution is 2.15. The first-order valence-corrected chi connectivity index (χ1v) is 8.09. The number of ether oxygens (including phenoxy) is 1. The van der Waals surface area contributed by atoms with Crippen LogP contribution in [0.4, 0.5) is 0 Å². The number of carbonyl (C=O) groups excluding carboxylic acids is 1. The second-order valence-corrected chi connectivity index (χ2v) is 6.26. The zero-order valence-electron chi connectivity index (χ0n) is 12.7. The molecule has 0 aliphatic carbocycles. The molecule has 0 bridgehead atoms. The average molecular weight is 336 g/mol. The van der Waals surface area contributed by atoms with Crippen molar-refractivity contribution in [3.8, 4) is 0 Å². The Labute approximate surface area is 140 Å². The van der Waals surface area contributed by atoms with Crippen molar-refractivity contribution in [3.63, 3.8) is 0 Å². The zero-order chi connectivity index (χ0) is 16.7. The second-order valence-electron chi connectivity index (χ2n) is 5.25. The van der Waals surface area contributed by atoms with E-state index in [0.717, 1.165) is 16.6 Å². The molecule has 0 fully saturated rings. The molecule has 0 N–H and O–H groups in total. The van der Waals surface area contributed by atoms with Gasteiger partial charge in [-0.1, -0.05) is 35.6 Å². The Balaban J connectivity index is 1.84. The fourth-order valence-corrected chi connectivity index (χ4v) is 3.58. The summed E-state index contributed by atoms with van der Waals surface area (Å²) in [5.41, 5.74) is 2.86. The number of nitrogens with zero attached hydrogens (tertiary/aromatic N) is 2. The predicted octanol–water partition coefficient (Wildman–Crippen LogP) is 2.24. The molecule has 4 aromatic rings. The Kier molecular flexibility index (Phi) is 3.39. The van der Waals surface area contributed by atoms with Crippen LogP contribution in [0.5, 0.6) is 0 Å². The number of aromatic nitrogens is 2. The molecule has 2 heterocycles. The topological polar surface area (TPSA) is 60.7 Å². The lowest BCUT2D eigenvalue weighted by molar-refractivity contribution is 0.0600. The predicted molar refractivity (Wildman–Crippen MR) is 93.4 cm³/mol. The number of hydrogen-bond donors (Lipinski definition) is 0. The van der Waals surface area contributed by atoms with Gasteiger partial charge in [0.1, 0.15) is 0 Å². The Morgan fingerprint density at radius 3 is 2.67 bits per heavy atom. The molecule has 2 aromatic heterocycles. The number of esters is 1. The van der Waals surface area contributed by atoms with E-state index in [1.807, 2.05) is 24.3 Å². The van der Waals surface area contributed by atoms with E-state index < -0.39 is 0 Å². The van der Waals surface area contributed by atoms with Gasteiger partial charge >= 0.3 is 5.97 Å². The third-order valence-electron chi connectivity index (χ3n) is 3.77. The molecule has 0 saturated heterocycles. The van der Waals surface area contributed by atoms with Gasteiger partial charge in [-0.05, 0) is 35.9 Å². The summed E-state index contributed by atoms with van der Waals surface area (Å²) < 4.78 is 6.91. The molecule has 118 valence electrons. The van der Waals surface area contributed by atoms with Crippen molar-refractivity contribution in [2.75, 3.05) is 7.11 Å². The van der Waals surface area contributed by atoms with Crippen molar-refractivity contribution in [1.82, 2.24) is 9.38 Å². The summed E-state index contributed by atoms with van der Waals surface area (Å²) in [6.07, 6.45) is 1.80. The van der Waals surface area contributed by atoms with Crippen LogP contribution in [-0.2, 0) is 4.74 Å². The molecule has 24 heavy (non-hydrogen) atoms. The molecule has 6 heteroatoms. The van der Waals surface area contributed by atoms with Crippen LogP contribution in [0.2, 0.25) is 0 Å². The van der Waals surface area contributed by atoms with Gasteiger partial charge in [0.15, 0.2) is 4.96 Å². The first kappa shape index (κ1) is 14.6. The minimum absolute atomic E-state index is 0.0826. The molecule has 0 atom stereocenters. The summed E-state index contributed by atoms with van der Waals surface area (Å²) in [6.45, 7) is 0. The Hall–Kier alpha value is -2.99. The number of fused-ring (bicyclic) bond motifs is 3. The summed E-state index contributed by atoms with van der Waals surface area (Å²) in [5.74, 6) is -0.382. The third-order valence-corrected chi connectivity index (χ3v) is 4.74. The molecule has 0 spiro atoms. The molecule has 2 aromatic carbocycles. The van der Waals surface area contributed by atoms with Crippen LogP contribution in [0, 0.1) is 0 Å². The lowest BCUT2D eigenvalue weighted by Crippen LogP contribution is -2.22. The van der Waals surface area contributed by atoms with Crippen molar-refractivity contribution in [1.29, 1.82) is 0 Å². The van der Waals surface area contributed by atoms with Crippen molar-refractivity contribution < 1.29 is 9.53 Å². The number of hydrogen-bond acceptors (Lipinski definition) is 5. The van der Waals surface area contributed by atoms with Gasteiger partial charge in [-0.2, -0.15) is 0 Å².